The molecule has 1 amide bonds. The van der Waals surface area contributed by atoms with Crippen molar-refractivity contribution in [2.45, 2.75) is 20.3 Å². The molecular formula is C15H19FN4O2. The largest absolute Gasteiger partial charge is 0.396 e. The summed E-state index contributed by atoms with van der Waals surface area (Å²) in [6.07, 6.45) is 3.27. The standard InChI is InChI=1S/C15H19FN4O2/c1-15(2,5-6-21)8-18-14(22)11-3-4-13(12(16)7-11)20-10-17-9-19-20/h3-4,7,9-10,21H,5-6,8H2,1-2H3,(H,18,22). The van der Waals surface area contributed by atoms with Crippen LogP contribution in [0.4, 0.5) is 4.39 Å². The highest BCUT2D eigenvalue weighted by atomic mass is 19.1. The molecule has 0 radical (unpaired) electrons. The maximum absolute atomic E-state index is 14.1. The molecule has 0 aliphatic rings. The number of aliphatic hydroxyl groups excluding tert-OH is 1. The highest BCUT2D eigenvalue weighted by molar-refractivity contribution is 5.94. The monoisotopic (exact) mass is 306 g/mol. The van der Waals surface area contributed by atoms with E-state index in [4.69, 9.17) is 5.11 Å². The number of hydrogen-bond acceptors (Lipinski definition) is 4. The number of halogens is 1. The van der Waals surface area contributed by atoms with E-state index in [-0.39, 0.29) is 29.2 Å². The summed E-state index contributed by atoms with van der Waals surface area (Å²) in [5.74, 6) is -0.900. The Labute approximate surface area is 128 Å². The van der Waals surface area contributed by atoms with E-state index < -0.39 is 5.82 Å². The van der Waals surface area contributed by atoms with Crippen molar-refractivity contribution < 1.29 is 14.3 Å². The van der Waals surface area contributed by atoms with Gasteiger partial charge in [-0.15, -0.1) is 0 Å². The molecule has 0 aliphatic carbocycles. The molecule has 0 aliphatic heterocycles. The van der Waals surface area contributed by atoms with Gasteiger partial charge < -0.3 is 10.4 Å². The van der Waals surface area contributed by atoms with Gasteiger partial charge in [-0.2, -0.15) is 5.10 Å². The number of benzene rings is 1. The molecule has 0 saturated heterocycles. The number of carbonyl (C=O) groups excluding carboxylic acids is 1. The summed E-state index contributed by atoms with van der Waals surface area (Å²) in [6.45, 7) is 4.35. The van der Waals surface area contributed by atoms with Crippen LogP contribution in [0.1, 0.15) is 30.6 Å². The van der Waals surface area contributed by atoms with E-state index >= 15 is 0 Å². The first-order chi connectivity index (χ1) is 10.4. The van der Waals surface area contributed by atoms with E-state index in [1.54, 1.807) is 0 Å². The van der Waals surface area contributed by atoms with Crippen molar-refractivity contribution in [3.8, 4) is 5.69 Å². The molecule has 2 rings (SSSR count). The van der Waals surface area contributed by atoms with E-state index in [1.165, 1.54) is 35.5 Å². The van der Waals surface area contributed by atoms with Crippen LogP contribution in [0.5, 0.6) is 0 Å². The third-order valence-corrected chi connectivity index (χ3v) is 3.39. The molecule has 1 aromatic heterocycles. The minimum atomic E-state index is -0.548. The number of amides is 1. The Morgan fingerprint density at radius 2 is 2.23 bits per heavy atom. The molecule has 0 saturated carbocycles. The highest BCUT2D eigenvalue weighted by Crippen LogP contribution is 2.19. The van der Waals surface area contributed by atoms with Crippen molar-refractivity contribution in [2.75, 3.05) is 13.2 Å². The summed E-state index contributed by atoms with van der Waals surface area (Å²) in [7, 11) is 0. The average molecular weight is 306 g/mol. The van der Waals surface area contributed by atoms with Gasteiger partial charge in [-0.1, -0.05) is 13.8 Å². The molecule has 0 spiro atoms. The smallest absolute Gasteiger partial charge is 0.251 e. The molecule has 0 fully saturated rings. The summed E-state index contributed by atoms with van der Waals surface area (Å²) < 4.78 is 15.4. The summed E-state index contributed by atoms with van der Waals surface area (Å²) in [6, 6.07) is 4.19. The van der Waals surface area contributed by atoms with Crippen LogP contribution in [0.15, 0.2) is 30.9 Å². The van der Waals surface area contributed by atoms with Crippen LogP contribution in [0.3, 0.4) is 0 Å². The molecule has 7 heteroatoms. The zero-order chi connectivity index (χ0) is 16.2. The van der Waals surface area contributed by atoms with Gasteiger partial charge in [-0.25, -0.2) is 14.1 Å². The molecule has 2 N–H and O–H groups in total. The van der Waals surface area contributed by atoms with Gasteiger partial charge in [0.25, 0.3) is 5.91 Å². The van der Waals surface area contributed by atoms with Gasteiger partial charge in [0.05, 0.1) is 0 Å². The predicted molar refractivity (Wildman–Crippen MR) is 79.1 cm³/mol. The number of rotatable bonds is 6. The summed E-state index contributed by atoms with van der Waals surface area (Å²) in [5, 5.41) is 15.6. The fourth-order valence-corrected chi connectivity index (χ4v) is 1.98. The zero-order valence-electron chi connectivity index (χ0n) is 12.6. The number of hydrogen-bond donors (Lipinski definition) is 2. The Bertz CT molecular complexity index is 641. The topological polar surface area (TPSA) is 80.0 Å². The maximum atomic E-state index is 14.1. The second kappa shape index (κ2) is 6.65. The molecule has 6 nitrogen and oxygen atoms in total. The third kappa shape index (κ3) is 3.88. The van der Waals surface area contributed by atoms with Crippen molar-refractivity contribution in [1.82, 2.24) is 20.1 Å². The van der Waals surface area contributed by atoms with Crippen LogP contribution < -0.4 is 5.32 Å². The lowest BCUT2D eigenvalue weighted by atomic mass is 9.89. The Morgan fingerprint density at radius 1 is 1.45 bits per heavy atom. The van der Waals surface area contributed by atoms with Crippen LogP contribution in [-0.4, -0.2) is 38.9 Å². The van der Waals surface area contributed by atoms with Gasteiger partial charge in [-0.3, -0.25) is 4.79 Å². The average Bonchev–Trinajstić information content (AvgIpc) is 2.98. The molecular weight excluding hydrogens is 287 g/mol. The molecule has 2 aromatic rings. The first-order valence-electron chi connectivity index (χ1n) is 6.96. The van der Waals surface area contributed by atoms with Crippen LogP contribution in [-0.2, 0) is 0 Å². The van der Waals surface area contributed by atoms with Crippen molar-refractivity contribution >= 4 is 5.91 Å². The van der Waals surface area contributed by atoms with Crippen LogP contribution in [0, 0.1) is 11.2 Å². The van der Waals surface area contributed by atoms with Gasteiger partial charge in [-0.05, 0) is 30.0 Å². The second-order valence-corrected chi connectivity index (χ2v) is 5.83. The van der Waals surface area contributed by atoms with Crippen LogP contribution in [0.25, 0.3) is 5.69 Å². The lowest BCUT2D eigenvalue weighted by Gasteiger charge is -2.23. The van der Waals surface area contributed by atoms with E-state index in [9.17, 15) is 9.18 Å². The van der Waals surface area contributed by atoms with E-state index in [2.05, 4.69) is 15.4 Å². The van der Waals surface area contributed by atoms with Crippen LogP contribution >= 0.6 is 0 Å². The lowest BCUT2D eigenvalue weighted by Crippen LogP contribution is -2.34. The van der Waals surface area contributed by atoms with Crippen LogP contribution in [0.2, 0.25) is 0 Å². The maximum Gasteiger partial charge on any atom is 0.251 e. The normalized spacial score (nSPS) is 11.5. The number of aliphatic hydroxyl groups is 1. The first kappa shape index (κ1) is 16.1. The summed E-state index contributed by atoms with van der Waals surface area (Å²) >= 11 is 0. The number of nitrogens with zero attached hydrogens (tertiary/aromatic N) is 3. The molecule has 1 heterocycles. The van der Waals surface area contributed by atoms with Crippen molar-refractivity contribution in [2.24, 2.45) is 5.41 Å². The minimum absolute atomic E-state index is 0.0596. The molecule has 118 valence electrons. The van der Waals surface area contributed by atoms with Crippen molar-refractivity contribution in [1.29, 1.82) is 0 Å². The second-order valence-electron chi connectivity index (χ2n) is 5.83. The number of carbonyl (C=O) groups is 1. The Hall–Kier alpha value is -2.28. The van der Waals surface area contributed by atoms with Crippen molar-refractivity contribution in [3.63, 3.8) is 0 Å². The van der Waals surface area contributed by atoms with Gasteiger partial charge in [0, 0.05) is 18.7 Å². The zero-order valence-corrected chi connectivity index (χ0v) is 12.6. The molecule has 0 bridgehead atoms. The lowest BCUT2D eigenvalue weighted by molar-refractivity contribution is 0.0927. The molecule has 0 atom stereocenters. The number of aromatic nitrogens is 3. The highest BCUT2D eigenvalue weighted by Gasteiger charge is 2.19. The summed E-state index contributed by atoms with van der Waals surface area (Å²) in [5.41, 5.74) is 0.250. The SMILES string of the molecule is CC(C)(CCO)CNC(=O)c1ccc(-n2cncn2)c(F)c1. The van der Waals surface area contributed by atoms with Gasteiger partial charge >= 0.3 is 0 Å². The van der Waals surface area contributed by atoms with E-state index in [0.29, 0.717) is 13.0 Å². The molecule has 1 aromatic carbocycles. The summed E-state index contributed by atoms with van der Waals surface area (Å²) in [4.78, 5) is 15.8. The minimum Gasteiger partial charge on any atom is -0.396 e. The fourth-order valence-electron chi connectivity index (χ4n) is 1.98. The van der Waals surface area contributed by atoms with E-state index in [0.717, 1.165) is 0 Å². The third-order valence-electron chi connectivity index (χ3n) is 3.39. The molecule has 0 unspecified atom stereocenters. The van der Waals surface area contributed by atoms with Gasteiger partial charge in [0.2, 0.25) is 0 Å². The predicted octanol–water partition coefficient (Wildman–Crippen LogP) is 1.54. The Kier molecular flexibility index (Phi) is 4.87. The number of nitrogens with one attached hydrogen (secondary N) is 1. The Morgan fingerprint density at radius 3 is 2.82 bits per heavy atom. The van der Waals surface area contributed by atoms with E-state index in [1.807, 2.05) is 13.8 Å². The van der Waals surface area contributed by atoms with Crippen molar-refractivity contribution in [3.05, 3.63) is 42.2 Å². The van der Waals surface area contributed by atoms with Gasteiger partial charge in [0.15, 0.2) is 0 Å². The fraction of sp³-hybridized carbons (Fsp3) is 0.400. The quantitative estimate of drug-likeness (QED) is 0.848. The Balaban J connectivity index is 2.07. The van der Waals surface area contributed by atoms with Gasteiger partial charge in [0.1, 0.15) is 24.2 Å². The first-order valence-corrected chi connectivity index (χ1v) is 6.96. The molecule has 22 heavy (non-hydrogen) atoms.